The first kappa shape index (κ1) is 19.9. The molecule has 5 nitrogen and oxygen atoms in total. The zero-order chi connectivity index (χ0) is 20.2. The highest BCUT2D eigenvalue weighted by Gasteiger charge is 2.27. The van der Waals surface area contributed by atoms with Crippen molar-refractivity contribution in [3.05, 3.63) is 59.2 Å². The highest BCUT2D eigenvalue weighted by molar-refractivity contribution is 5.96. The third kappa shape index (κ3) is 4.31. The summed E-state index contributed by atoms with van der Waals surface area (Å²) in [5.41, 5.74) is 4.65. The van der Waals surface area contributed by atoms with Gasteiger partial charge >= 0.3 is 0 Å². The number of aryl methyl sites for hydroxylation is 1. The summed E-state index contributed by atoms with van der Waals surface area (Å²) in [7, 11) is 1.87. The molecule has 0 bridgehead atoms. The van der Waals surface area contributed by atoms with Gasteiger partial charge < -0.3 is 20.3 Å². The Morgan fingerprint density at radius 3 is 2.83 bits per heavy atom. The van der Waals surface area contributed by atoms with E-state index in [2.05, 4.69) is 53.1 Å². The van der Waals surface area contributed by atoms with Crippen molar-refractivity contribution in [2.24, 2.45) is 0 Å². The van der Waals surface area contributed by atoms with Crippen LogP contribution in [0.5, 0.6) is 5.75 Å². The first-order valence-corrected chi connectivity index (χ1v) is 10.7. The molecule has 4 rings (SSSR count). The van der Waals surface area contributed by atoms with Gasteiger partial charge in [-0.15, -0.1) is 0 Å². The topological polar surface area (TPSA) is 53.6 Å². The highest BCUT2D eigenvalue weighted by Crippen LogP contribution is 2.34. The van der Waals surface area contributed by atoms with Crippen LogP contribution in [-0.2, 0) is 17.8 Å². The van der Waals surface area contributed by atoms with Crippen LogP contribution in [-0.4, -0.2) is 32.1 Å². The highest BCUT2D eigenvalue weighted by atomic mass is 16.5. The average molecular weight is 394 g/mol. The summed E-state index contributed by atoms with van der Waals surface area (Å²) >= 11 is 0. The molecule has 1 fully saturated rings. The van der Waals surface area contributed by atoms with Gasteiger partial charge in [0.15, 0.2) is 0 Å². The molecule has 2 aliphatic heterocycles. The maximum absolute atomic E-state index is 12.2. The first-order chi connectivity index (χ1) is 14.2. The predicted octanol–water partition coefficient (Wildman–Crippen LogP) is 3.58. The number of rotatable bonds is 6. The van der Waals surface area contributed by atoms with Gasteiger partial charge in [0.2, 0.25) is 5.91 Å². The van der Waals surface area contributed by atoms with Crippen molar-refractivity contribution >= 4 is 11.6 Å². The van der Waals surface area contributed by atoms with Gasteiger partial charge in [0.25, 0.3) is 0 Å². The number of ether oxygens (including phenoxy) is 1. The molecule has 2 N–H and O–H groups in total. The van der Waals surface area contributed by atoms with E-state index < -0.39 is 0 Å². The fraction of sp³-hybridized carbons (Fsp3) is 0.458. The average Bonchev–Trinajstić information content (AvgIpc) is 2.76. The molecule has 29 heavy (non-hydrogen) atoms. The second-order valence-electron chi connectivity index (χ2n) is 7.95. The second-order valence-corrected chi connectivity index (χ2v) is 7.95. The van der Waals surface area contributed by atoms with Crippen LogP contribution >= 0.6 is 0 Å². The van der Waals surface area contributed by atoms with Gasteiger partial charge in [-0.2, -0.15) is 0 Å². The molecule has 0 spiro atoms. The van der Waals surface area contributed by atoms with Gasteiger partial charge in [0.05, 0.1) is 6.61 Å². The van der Waals surface area contributed by atoms with E-state index in [4.69, 9.17) is 4.74 Å². The standard InChI is InChI=1S/C24H31N3O2/c1-3-29-22-15-18-11-12-23(28)27(2)21(18)14-19(22)16-26-20-10-7-13-25-24(20)17-8-5-4-6-9-17/h4-6,8-9,14-15,20,24-26H,3,7,10-13,16H2,1-2H3. The first-order valence-electron chi connectivity index (χ1n) is 10.7. The van der Waals surface area contributed by atoms with Crippen LogP contribution in [0.25, 0.3) is 0 Å². The summed E-state index contributed by atoms with van der Waals surface area (Å²) in [6, 6.07) is 15.6. The van der Waals surface area contributed by atoms with Crippen molar-refractivity contribution in [3.8, 4) is 5.75 Å². The molecule has 0 aromatic heterocycles. The summed E-state index contributed by atoms with van der Waals surface area (Å²) in [5, 5.41) is 7.45. The number of nitrogens with one attached hydrogen (secondary N) is 2. The van der Waals surface area contributed by atoms with E-state index in [9.17, 15) is 4.79 Å². The van der Waals surface area contributed by atoms with Crippen molar-refractivity contribution in [3.63, 3.8) is 0 Å². The molecule has 2 unspecified atom stereocenters. The minimum atomic E-state index is 0.182. The summed E-state index contributed by atoms with van der Waals surface area (Å²) in [4.78, 5) is 13.9. The van der Waals surface area contributed by atoms with Crippen LogP contribution in [0.4, 0.5) is 5.69 Å². The number of hydrogen-bond acceptors (Lipinski definition) is 4. The molecule has 0 saturated carbocycles. The van der Waals surface area contributed by atoms with Crippen LogP contribution in [0.15, 0.2) is 42.5 Å². The number of anilines is 1. The smallest absolute Gasteiger partial charge is 0.227 e. The number of amides is 1. The molecule has 0 radical (unpaired) electrons. The minimum absolute atomic E-state index is 0.182. The predicted molar refractivity (Wildman–Crippen MR) is 116 cm³/mol. The van der Waals surface area contributed by atoms with E-state index in [1.807, 2.05) is 14.0 Å². The Morgan fingerprint density at radius 1 is 1.21 bits per heavy atom. The third-order valence-corrected chi connectivity index (χ3v) is 6.08. The Morgan fingerprint density at radius 2 is 2.03 bits per heavy atom. The number of benzene rings is 2. The van der Waals surface area contributed by atoms with Gasteiger partial charge in [-0.25, -0.2) is 0 Å². The van der Waals surface area contributed by atoms with Crippen LogP contribution in [0.1, 0.15) is 48.9 Å². The summed E-state index contributed by atoms with van der Waals surface area (Å²) in [6.45, 7) is 4.43. The van der Waals surface area contributed by atoms with Gasteiger partial charge in [0, 0.05) is 43.3 Å². The van der Waals surface area contributed by atoms with Gasteiger partial charge in [-0.3, -0.25) is 4.79 Å². The fourth-order valence-corrected chi connectivity index (χ4v) is 4.50. The van der Waals surface area contributed by atoms with E-state index in [0.29, 0.717) is 25.1 Å². The second kappa shape index (κ2) is 8.97. The molecular weight excluding hydrogens is 362 g/mol. The maximum Gasteiger partial charge on any atom is 0.227 e. The largest absolute Gasteiger partial charge is 0.494 e. The number of piperidine rings is 1. The summed E-state index contributed by atoms with van der Waals surface area (Å²) < 4.78 is 5.96. The zero-order valence-corrected chi connectivity index (χ0v) is 17.4. The Kier molecular flexibility index (Phi) is 6.16. The lowest BCUT2D eigenvalue weighted by Gasteiger charge is -2.34. The normalized spacial score (nSPS) is 21.7. The Balaban J connectivity index is 1.55. The molecule has 2 atom stereocenters. The lowest BCUT2D eigenvalue weighted by atomic mass is 9.92. The molecule has 2 aromatic carbocycles. The number of carbonyl (C=O) groups excluding carboxylic acids is 1. The van der Waals surface area contributed by atoms with Crippen molar-refractivity contribution < 1.29 is 9.53 Å². The lowest BCUT2D eigenvalue weighted by Crippen LogP contribution is -2.45. The third-order valence-electron chi connectivity index (χ3n) is 6.08. The number of carbonyl (C=O) groups is 1. The van der Waals surface area contributed by atoms with Gasteiger partial charge in [-0.05, 0) is 56.0 Å². The van der Waals surface area contributed by atoms with E-state index in [1.54, 1.807) is 4.90 Å². The molecule has 0 aliphatic carbocycles. The molecule has 2 heterocycles. The molecule has 1 amide bonds. The maximum atomic E-state index is 12.2. The Labute approximate surface area is 173 Å². The van der Waals surface area contributed by atoms with Gasteiger partial charge in [-0.1, -0.05) is 30.3 Å². The van der Waals surface area contributed by atoms with Crippen molar-refractivity contribution in [1.29, 1.82) is 0 Å². The SMILES string of the molecule is CCOc1cc2c(cc1CNC1CCCNC1c1ccccc1)N(C)C(=O)CC2. The van der Waals surface area contributed by atoms with E-state index >= 15 is 0 Å². The van der Waals surface area contributed by atoms with Crippen molar-refractivity contribution in [1.82, 2.24) is 10.6 Å². The van der Waals surface area contributed by atoms with Crippen molar-refractivity contribution in [2.75, 3.05) is 25.1 Å². The van der Waals surface area contributed by atoms with Crippen LogP contribution < -0.4 is 20.3 Å². The molecular formula is C24H31N3O2. The van der Waals surface area contributed by atoms with Crippen molar-refractivity contribution in [2.45, 2.75) is 51.2 Å². The monoisotopic (exact) mass is 393 g/mol. The van der Waals surface area contributed by atoms with E-state index in [-0.39, 0.29) is 5.91 Å². The Bertz CT molecular complexity index is 853. The van der Waals surface area contributed by atoms with Gasteiger partial charge in [0.1, 0.15) is 5.75 Å². The molecule has 154 valence electrons. The summed E-state index contributed by atoms with van der Waals surface area (Å²) in [6.07, 6.45) is 3.66. The van der Waals surface area contributed by atoms with Crippen LogP contribution in [0.2, 0.25) is 0 Å². The fourth-order valence-electron chi connectivity index (χ4n) is 4.50. The lowest BCUT2D eigenvalue weighted by molar-refractivity contribution is -0.118. The molecule has 2 aromatic rings. The van der Waals surface area contributed by atoms with Crippen LogP contribution in [0.3, 0.4) is 0 Å². The van der Waals surface area contributed by atoms with E-state index in [0.717, 1.165) is 42.9 Å². The molecule has 5 heteroatoms. The quantitative estimate of drug-likeness (QED) is 0.788. The molecule has 1 saturated heterocycles. The zero-order valence-electron chi connectivity index (χ0n) is 17.4. The number of hydrogen-bond donors (Lipinski definition) is 2. The minimum Gasteiger partial charge on any atom is -0.494 e. The van der Waals surface area contributed by atoms with Crippen LogP contribution in [0, 0.1) is 0 Å². The summed E-state index contributed by atoms with van der Waals surface area (Å²) in [5.74, 6) is 1.11. The van der Waals surface area contributed by atoms with E-state index in [1.165, 1.54) is 17.5 Å². The number of fused-ring (bicyclic) bond motifs is 1. The number of nitrogens with zero attached hydrogens (tertiary/aromatic N) is 1. The molecule has 2 aliphatic rings. The Hall–Kier alpha value is -2.37.